The Labute approximate surface area is 499 Å². The summed E-state index contributed by atoms with van der Waals surface area (Å²) in [6.07, 6.45) is 1.80. The van der Waals surface area contributed by atoms with Gasteiger partial charge in [0.05, 0.1) is 12.6 Å². The van der Waals surface area contributed by atoms with Crippen molar-refractivity contribution in [3.8, 4) is 0 Å². The van der Waals surface area contributed by atoms with E-state index in [1.807, 2.05) is 13.8 Å². The van der Waals surface area contributed by atoms with E-state index in [9.17, 15) is 48.3 Å². The number of unbranched alkanes of at least 4 members (excludes halogenated alkanes) is 1. The van der Waals surface area contributed by atoms with Gasteiger partial charge in [0.2, 0.25) is 53.2 Å². The molecule has 0 aromatic carbocycles. The van der Waals surface area contributed by atoms with E-state index in [2.05, 4.69) is 69.1 Å². The van der Waals surface area contributed by atoms with E-state index in [-0.39, 0.29) is 145 Å². The summed E-state index contributed by atoms with van der Waals surface area (Å²) >= 11 is 0. The van der Waals surface area contributed by atoms with E-state index in [0.29, 0.717) is 19.3 Å². The van der Waals surface area contributed by atoms with Crippen LogP contribution in [0.1, 0.15) is 131 Å². The number of amides is 9. The number of likely N-dealkylation sites (N-methyl/N-ethyl adjacent to an activating group) is 1. The maximum absolute atomic E-state index is 14.6. The van der Waals surface area contributed by atoms with Crippen molar-refractivity contribution in [3.05, 3.63) is 0 Å². The number of primary amides is 1. The third-order valence-corrected chi connectivity index (χ3v) is 12.9. The first-order chi connectivity index (χ1) is 39.9. The molecular weight excluding hydrogens is 1110 g/mol. The van der Waals surface area contributed by atoms with Crippen molar-refractivity contribution in [1.82, 2.24) is 69.1 Å². The van der Waals surface area contributed by atoms with Gasteiger partial charge in [-0.1, -0.05) is 41.5 Å². The number of hydrogen-bond acceptors (Lipinski definition) is 16. The molecule has 9 amide bonds. The van der Waals surface area contributed by atoms with E-state index in [1.54, 1.807) is 34.7 Å². The zero-order valence-electron chi connectivity index (χ0n) is 50.7. The quantitative estimate of drug-likeness (QED) is 0.0153. The molecule has 0 aliphatic heterocycles. The second-order valence-electron chi connectivity index (χ2n) is 22.0. The lowest BCUT2D eigenvalue weighted by atomic mass is 9.99. The van der Waals surface area contributed by atoms with Crippen molar-refractivity contribution >= 4 is 77.0 Å². The molecule has 0 saturated heterocycles. The Hall–Kier alpha value is -7.81. The molecule has 0 radical (unpaired) electrons. The van der Waals surface area contributed by atoms with Crippen LogP contribution in [-0.4, -0.2) is 183 Å². The van der Waals surface area contributed by atoms with Crippen LogP contribution in [0.5, 0.6) is 0 Å². The van der Waals surface area contributed by atoms with Gasteiger partial charge in [-0.05, 0) is 121 Å². The number of carbonyl (C=O) groups excluding carboxylic acids is 9. The summed E-state index contributed by atoms with van der Waals surface area (Å²) in [6, 6.07) is -11.4. The molecule has 0 spiro atoms. The fourth-order valence-electron chi connectivity index (χ4n) is 8.57. The highest BCUT2D eigenvalue weighted by Crippen LogP contribution is 2.13. The largest absolute Gasteiger partial charge is 0.394 e. The first kappa shape index (κ1) is 77.2. The van der Waals surface area contributed by atoms with Crippen LogP contribution in [-0.2, 0) is 43.2 Å². The van der Waals surface area contributed by atoms with Gasteiger partial charge in [0.1, 0.15) is 48.3 Å². The van der Waals surface area contributed by atoms with Crippen LogP contribution < -0.4 is 104 Å². The molecule has 85 heavy (non-hydrogen) atoms. The van der Waals surface area contributed by atoms with Crippen molar-refractivity contribution in [3.63, 3.8) is 0 Å². The lowest BCUT2D eigenvalue weighted by molar-refractivity contribution is -0.136. The van der Waals surface area contributed by atoms with Gasteiger partial charge in [0.25, 0.3) is 0 Å². The molecule has 33 heteroatoms. The minimum Gasteiger partial charge on any atom is -0.394 e. The highest BCUT2D eigenvalue weighted by atomic mass is 16.3. The van der Waals surface area contributed by atoms with Crippen LogP contribution in [0.15, 0.2) is 0 Å². The van der Waals surface area contributed by atoms with Crippen LogP contribution in [0.4, 0.5) is 0 Å². The van der Waals surface area contributed by atoms with E-state index >= 15 is 0 Å². The van der Waals surface area contributed by atoms with Crippen molar-refractivity contribution in [1.29, 1.82) is 21.6 Å². The summed E-state index contributed by atoms with van der Waals surface area (Å²) in [7, 11) is 1.62. The normalized spacial score (nSPS) is 14.3. The molecule has 0 saturated carbocycles. The first-order valence-corrected chi connectivity index (χ1v) is 29.0. The predicted octanol–water partition coefficient (Wildman–Crippen LogP) is -5.75. The molecule has 0 aliphatic rings. The van der Waals surface area contributed by atoms with Gasteiger partial charge in [-0.25, -0.2) is 0 Å². The smallest absolute Gasteiger partial charge is 0.243 e. The van der Waals surface area contributed by atoms with Crippen LogP contribution in [0, 0.1) is 39.4 Å². The lowest BCUT2D eigenvalue weighted by Gasteiger charge is -2.29. The van der Waals surface area contributed by atoms with Crippen LogP contribution >= 0.6 is 0 Å². The average Bonchev–Trinajstić information content (AvgIpc) is 3.51. The SMILES string of the molecule is CN[C@@H](CC(C)C)C(=O)N[C@@H](CCCNC(=N)N)C(=O)N[C@@H](CCCCN)C(=O)N[C@@H](CCCNC(=N)N)C(=O)N[C@@H](CCCNC(=N)N)C(=O)N[C@@H](CCCNC(=N)N)C(=O)N[C@@H](CC(C)C)C(=O)N[C@@H](CC(C)C)C(=O)N[C@@H](CO)C(N)=O. The molecule has 0 rings (SSSR count). The molecule has 0 unspecified atom stereocenters. The number of carbonyl (C=O) groups is 9. The fraction of sp³-hybridized carbons (Fsp3) is 0.750. The summed E-state index contributed by atoms with van der Waals surface area (Å²) in [5, 5.41) is 74.9. The Bertz CT molecular complexity index is 2170. The number of rotatable bonds is 45. The monoisotopic (exact) mass is 1210 g/mol. The molecule has 33 nitrogen and oxygen atoms in total. The maximum Gasteiger partial charge on any atom is 0.243 e. The summed E-state index contributed by atoms with van der Waals surface area (Å²) in [4.78, 5) is 125. The molecule has 0 aromatic rings. The zero-order chi connectivity index (χ0) is 64.8. The Morgan fingerprint density at radius 2 is 0.576 bits per heavy atom. The Morgan fingerprint density at radius 3 is 0.800 bits per heavy atom. The molecule has 9 atom stereocenters. The molecule has 30 N–H and O–H groups in total. The standard InChI is InChI=1S/C52H103N23O10/c1-28(2)24-36(63-7)46(83)72-34(17-12-22-66-51(59)60)44(81)68-31(14-8-9-19-53)41(78)69-32(15-10-20-64-49(55)56)42(79)70-33(16-11-21-65-50(57)58)43(80)71-35(18-13-23-67-52(61)62)45(82)73-37(25-29(3)4)47(84)74-38(26-30(5)6)48(85)75-39(27-76)40(54)77/h28-39,63,76H,8-27,53H2,1-7H3,(H2,54,77)(H,68,81)(H,69,78)(H,70,79)(H,71,80)(H,72,83)(H,73,82)(H,74,84)(H,75,85)(H4,55,56,64)(H4,57,58,65)(H4,59,60,66)(H4,61,62,67)/t31-,32-,33-,34-,35-,36-,37-,38-,39-/m0/s1. The first-order valence-electron chi connectivity index (χ1n) is 29.0. The van der Waals surface area contributed by atoms with E-state index in [4.69, 9.17) is 56.0 Å². The second kappa shape index (κ2) is 42.9. The number of nitrogens with two attached hydrogens (primary N) is 6. The summed E-state index contributed by atoms with van der Waals surface area (Å²) in [6.45, 7) is 10.9. The third kappa shape index (κ3) is 35.2. The van der Waals surface area contributed by atoms with Crippen molar-refractivity contribution in [2.24, 2.45) is 52.2 Å². The molecule has 0 aliphatic carbocycles. The van der Waals surface area contributed by atoms with E-state index in [0.717, 1.165) is 0 Å². The van der Waals surface area contributed by atoms with Gasteiger partial charge >= 0.3 is 0 Å². The third-order valence-electron chi connectivity index (χ3n) is 12.9. The van der Waals surface area contributed by atoms with Gasteiger partial charge in [0.15, 0.2) is 23.8 Å². The molecule has 0 heterocycles. The Balaban J connectivity index is 7.35. The van der Waals surface area contributed by atoms with Gasteiger partial charge in [-0.3, -0.25) is 64.8 Å². The van der Waals surface area contributed by atoms with Crippen LogP contribution in [0.2, 0.25) is 0 Å². The molecular formula is C52H103N23O10. The Kier molecular flexibility index (Phi) is 39.0. The molecule has 0 bridgehead atoms. The topological polar surface area (TPSA) is 582 Å². The van der Waals surface area contributed by atoms with Crippen molar-refractivity contribution in [2.75, 3.05) is 46.4 Å². The Morgan fingerprint density at radius 1 is 0.353 bits per heavy atom. The summed E-state index contributed by atoms with van der Waals surface area (Å²) in [5.74, 6) is -8.87. The van der Waals surface area contributed by atoms with Gasteiger partial charge in [-0.2, -0.15) is 0 Å². The molecule has 0 fully saturated rings. The second-order valence-corrected chi connectivity index (χ2v) is 22.0. The number of aliphatic hydroxyl groups is 1. The number of hydrogen-bond donors (Lipinski definition) is 24. The highest BCUT2D eigenvalue weighted by Gasteiger charge is 2.35. The lowest BCUT2D eigenvalue weighted by Crippen LogP contribution is -2.60. The van der Waals surface area contributed by atoms with Gasteiger partial charge in [0, 0.05) is 26.2 Å². The van der Waals surface area contributed by atoms with Crippen molar-refractivity contribution in [2.45, 2.75) is 186 Å². The van der Waals surface area contributed by atoms with Crippen LogP contribution in [0.25, 0.3) is 0 Å². The maximum atomic E-state index is 14.6. The number of nitrogens with one attached hydrogen (secondary N) is 17. The number of aliphatic hydroxyl groups excluding tert-OH is 1. The van der Waals surface area contributed by atoms with Crippen LogP contribution in [0.3, 0.4) is 0 Å². The summed E-state index contributed by atoms with van der Waals surface area (Å²) in [5.41, 5.74) is 33.1. The minimum atomic E-state index is -1.45. The minimum absolute atomic E-state index is 0.0434. The van der Waals surface area contributed by atoms with E-state index in [1.165, 1.54) is 0 Å². The van der Waals surface area contributed by atoms with Crippen molar-refractivity contribution < 1.29 is 48.3 Å². The summed E-state index contributed by atoms with van der Waals surface area (Å²) < 4.78 is 0. The predicted molar refractivity (Wildman–Crippen MR) is 322 cm³/mol. The molecule has 0 aromatic heterocycles. The van der Waals surface area contributed by atoms with Gasteiger partial charge in [-0.15, -0.1) is 0 Å². The fourth-order valence-corrected chi connectivity index (χ4v) is 8.57. The highest BCUT2D eigenvalue weighted by molar-refractivity contribution is 5.98. The van der Waals surface area contributed by atoms with E-state index < -0.39 is 114 Å². The average molecular weight is 1210 g/mol. The van der Waals surface area contributed by atoms with Gasteiger partial charge < -0.3 is 109 Å². The zero-order valence-corrected chi connectivity index (χ0v) is 50.7. The number of guanidine groups is 4. The molecule has 486 valence electrons.